The molecule has 0 saturated carbocycles. The minimum atomic E-state index is -0.344. The molecule has 4 rings (SSSR count). The first kappa shape index (κ1) is 21.0. The van der Waals surface area contributed by atoms with Crippen molar-refractivity contribution in [3.05, 3.63) is 76.3 Å². The van der Waals surface area contributed by atoms with Crippen LogP contribution in [0.1, 0.15) is 27.2 Å². The summed E-state index contributed by atoms with van der Waals surface area (Å²) in [6, 6.07) is 10.5. The molecule has 0 spiro atoms. The Balaban J connectivity index is 1.51. The highest BCUT2D eigenvalue weighted by Gasteiger charge is 2.21. The first-order valence-electron chi connectivity index (χ1n) is 9.75. The number of amides is 1. The monoisotopic (exact) mass is 436 g/mol. The van der Waals surface area contributed by atoms with Crippen molar-refractivity contribution < 1.29 is 14.0 Å². The molecule has 31 heavy (non-hydrogen) atoms. The highest BCUT2D eigenvalue weighted by Crippen LogP contribution is 2.31. The van der Waals surface area contributed by atoms with E-state index in [1.807, 2.05) is 25.1 Å². The zero-order valence-corrected chi connectivity index (χ0v) is 17.9. The standard InChI is InChI=1S/C23H21ClN4O3/c1-28(2)13-17(29)9-14-8-15-10-20(27-22(15)25-12-14)18-11-16(5-6-19(18)24)26-23(30)21-4-3-7-31-21/h3-8,11-12H,9-10,13H2,1-2H3,(H,26,30). The van der Waals surface area contributed by atoms with Crippen molar-refractivity contribution in [1.29, 1.82) is 0 Å². The van der Waals surface area contributed by atoms with Crippen LogP contribution in [0.3, 0.4) is 0 Å². The molecule has 0 bridgehead atoms. The van der Waals surface area contributed by atoms with Gasteiger partial charge in [-0.05, 0) is 56.1 Å². The Morgan fingerprint density at radius 1 is 1.23 bits per heavy atom. The number of likely N-dealkylation sites (N-methyl/N-ethyl adjacent to an activating group) is 1. The van der Waals surface area contributed by atoms with Crippen LogP contribution in [0.25, 0.3) is 0 Å². The van der Waals surface area contributed by atoms with E-state index < -0.39 is 0 Å². The van der Waals surface area contributed by atoms with Crippen LogP contribution in [0.5, 0.6) is 0 Å². The summed E-state index contributed by atoms with van der Waals surface area (Å²) in [6.07, 6.45) is 4.03. The van der Waals surface area contributed by atoms with Crippen molar-refractivity contribution >= 4 is 40.5 Å². The Morgan fingerprint density at radius 2 is 2.06 bits per heavy atom. The average Bonchev–Trinajstić information content (AvgIpc) is 3.38. The summed E-state index contributed by atoms with van der Waals surface area (Å²) in [6.45, 7) is 0.394. The van der Waals surface area contributed by atoms with Gasteiger partial charge in [0.15, 0.2) is 17.4 Å². The van der Waals surface area contributed by atoms with Gasteiger partial charge < -0.3 is 14.6 Å². The van der Waals surface area contributed by atoms with Gasteiger partial charge in [0, 0.05) is 40.9 Å². The third-order valence-electron chi connectivity index (χ3n) is 4.77. The molecule has 0 aliphatic carbocycles. The molecule has 0 unspecified atom stereocenters. The van der Waals surface area contributed by atoms with E-state index in [0.717, 1.165) is 22.4 Å². The fourth-order valence-corrected chi connectivity index (χ4v) is 3.67. The molecular weight excluding hydrogens is 416 g/mol. The van der Waals surface area contributed by atoms with Gasteiger partial charge in [-0.3, -0.25) is 9.59 Å². The smallest absolute Gasteiger partial charge is 0.291 e. The molecule has 0 fully saturated rings. The fraction of sp³-hybridized carbons (Fsp3) is 0.217. The number of nitrogens with zero attached hydrogens (tertiary/aromatic N) is 3. The molecule has 0 radical (unpaired) electrons. The number of hydrogen-bond donors (Lipinski definition) is 1. The lowest BCUT2D eigenvalue weighted by Crippen LogP contribution is -2.23. The van der Waals surface area contributed by atoms with Gasteiger partial charge in [-0.25, -0.2) is 9.98 Å². The van der Waals surface area contributed by atoms with Crippen molar-refractivity contribution in [3.8, 4) is 0 Å². The number of benzene rings is 1. The Hall–Kier alpha value is -3.29. The van der Waals surface area contributed by atoms with Crippen LogP contribution < -0.4 is 5.32 Å². The van der Waals surface area contributed by atoms with E-state index in [-0.39, 0.29) is 17.5 Å². The third-order valence-corrected chi connectivity index (χ3v) is 5.10. The van der Waals surface area contributed by atoms with Crippen LogP contribution in [0, 0.1) is 0 Å². The number of Topliss-reactive ketones (excluding diaryl/α,β-unsaturated/α-hetero) is 1. The van der Waals surface area contributed by atoms with Crippen LogP contribution >= 0.6 is 11.6 Å². The zero-order chi connectivity index (χ0) is 22.0. The lowest BCUT2D eigenvalue weighted by molar-refractivity contribution is -0.119. The molecule has 2 aromatic heterocycles. The molecule has 1 amide bonds. The van der Waals surface area contributed by atoms with Gasteiger partial charge in [0.1, 0.15) is 0 Å². The number of furan rings is 1. The number of hydrogen-bond acceptors (Lipinski definition) is 6. The molecule has 158 valence electrons. The molecule has 0 atom stereocenters. The van der Waals surface area contributed by atoms with Gasteiger partial charge in [-0.1, -0.05) is 11.6 Å². The number of aromatic nitrogens is 1. The number of anilines is 1. The van der Waals surface area contributed by atoms with Gasteiger partial charge in [0.05, 0.1) is 18.5 Å². The maximum Gasteiger partial charge on any atom is 0.291 e. The van der Waals surface area contributed by atoms with Crippen LogP contribution in [-0.4, -0.2) is 47.9 Å². The quantitative estimate of drug-likeness (QED) is 0.606. The largest absolute Gasteiger partial charge is 0.459 e. The summed E-state index contributed by atoms with van der Waals surface area (Å²) >= 11 is 6.42. The maximum absolute atomic E-state index is 12.3. The summed E-state index contributed by atoms with van der Waals surface area (Å²) in [5, 5.41) is 3.33. The lowest BCUT2D eigenvalue weighted by atomic mass is 10.0. The Labute approximate surface area is 184 Å². The Kier molecular flexibility index (Phi) is 5.97. The number of ketones is 1. The first-order chi connectivity index (χ1) is 14.9. The van der Waals surface area contributed by atoms with E-state index >= 15 is 0 Å². The summed E-state index contributed by atoms with van der Waals surface area (Å²) < 4.78 is 5.13. The van der Waals surface area contributed by atoms with Crippen LogP contribution in [-0.2, 0) is 17.6 Å². The predicted octanol–water partition coefficient (Wildman–Crippen LogP) is 3.93. The van der Waals surface area contributed by atoms with E-state index in [4.69, 9.17) is 16.0 Å². The second kappa shape index (κ2) is 8.83. The van der Waals surface area contributed by atoms with Crippen LogP contribution in [0.4, 0.5) is 11.5 Å². The number of fused-ring (bicyclic) bond motifs is 1. The predicted molar refractivity (Wildman–Crippen MR) is 120 cm³/mol. The molecule has 3 heterocycles. The molecule has 1 aliphatic heterocycles. The highest BCUT2D eigenvalue weighted by molar-refractivity contribution is 6.34. The maximum atomic E-state index is 12.3. The molecule has 8 heteroatoms. The van der Waals surface area contributed by atoms with Crippen molar-refractivity contribution in [2.75, 3.05) is 26.0 Å². The molecule has 1 aliphatic rings. The van der Waals surface area contributed by atoms with Gasteiger partial charge in [0.25, 0.3) is 5.91 Å². The van der Waals surface area contributed by atoms with Gasteiger partial charge in [-0.2, -0.15) is 0 Å². The average molecular weight is 437 g/mol. The molecule has 7 nitrogen and oxygen atoms in total. The number of carbonyl (C=O) groups is 2. The second-order valence-electron chi connectivity index (χ2n) is 7.64. The minimum Gasteiger partial charge on any atom is -0.459 e. The van der Waals surface area contributed by atoms with Gasteiger partial charge >= 0.3 is 0 Å². The summed E-state index contributed by atoms with van der Waals surface area (Å²) in [7, 11) is 3.74. The number of nitrogens with one attached hydrogen (secondary N) is 1. The second-order valence-corrected chi connectivity index (χ2v) is 8.05. The number of carbonyl (C=O) groups excluding carboxylic acids is 2. The first-order valence-corrected chi connectivity index (χ1v) is 10.1. The molecule has 1 aromatic carbocycles. The summed E-state index contributed by atoms with van der Waals surface area (Å²) in [5.74, 6) is 0.639. The number of rotatable bonds is 7. The fourth-order valence-electron chi connectivity index (χ4n) is 3.44. The van der Waals surface area contributed by atoms with Crippen molar-refractivity contribution in [3.63, 3.8) is 0 Å². The topological polar surface area (TPSA) is 87.8 Å². The number of aliphatic imine (C=N–C) groups is 1. The van der Waals surface area contributed by atoms with E-state index in [1.165, 1.54) is 6.26 Å². The van der Waals surface area contributed by atoms with Gasteiger partial charge in [-0.15, -0.1) is 0 Å². The van der Waals surface area contributed by atoms with Crippen LogP contribution in [0.2, 0.25) is 5.02 Å². The molecular formula is C23H21ClN4O3. The summed E-state index contributed by atoms with van der Waals surface area (Å²) in [5.41, 5.74) is 3.89. The van der Waals surface area contributed by atoms with Crippen LogP contribution in [0.15, 0.2) is 58.3 Å². The van der Waals surface area contributed by atoms with Crippen molar-refractivity contribution in [2.24, 2.45) is 4.99 Å². The van der Waals surface area contributed by atoms with E-state index in [9.17, 15) is 9.59 Å². The molecule has 3 aromatic rings. The zero-order valence-electron chi connectivity index (χ0n) is 17.2. The number of pyridine rings is 1. The van der Waals surface area contributed by atoms with E-state index in [2.05, 4.69) is 15.3 Å². The van der Waals surface area contributed by atoms with Crippen molar-refractivity contribution in [2.45, 2.75) is 12.8 Å². The lowest BCUT2D eigenvalue weighted by Gasteiger charge is -2.09. The Bertz CT molecular complexity index is 1170. The van der Waals surface area contributed by atoms with Gasteiger partial charge in [0.2, 0.25) is 0 Å². The Morgan fingerprint density at radius 3 is 2.81 bits per heavy atom. The normalized spacial score (nSPS) is 12.6. The SMILES string of the molecule is CN(C)CC(=O)Cc1cnc2c(c1)CC(c1cc(NC(=O)c3ccco3)ccc1Cl)=N2. The van der Waals surface area contributed by atoms with Crippen molar-refractivity contribution in [1.82, 2.24) is 9.88 Å². The highest BCUT2D eigenvalue weighted by atomic mass is 35.5. The van der Waals surface area contributed by atoms with E-state index in [0.29, 0.717) is 35.9 Å². The minimum absolute atomic E-state index is 0.133. The molecule has 1 N–H and O–H groups in total. The number of halogens is 1. The summed E-state index contributed by atoms with van der Waals surface area (Å²) in [4.78, 5) is 35.3. The molecule has 0 saturated heterocycles. The van der Waals surface area contributed by atoms with E-state index in [1.54, 1.807) is 36.5 Å². The third kappa shape index (κ3) is 4.90.